The van der Waals surface area contributed by atoms with Gasteiger partial charge in [-0.05, 0) is 60.9 Å². The Morgan fingerprint density at radius 3 is 2.24 bits per heavy atom. The monoisotopic (exact) mass is 465 g/mol. The van der Waals surface area contributed by atoms with E-state index in [1.807, 2.05) is 18.2 Å². The van der Waals surface area contributed by atoms with E-state index in [1.54, 1.807) is 48.5 Å². The fourth-order valence-corrected chi connectivity index (χ4v) is 4.89. The maximum atomic E-state index is 13.0. The Morgan fingerprint density at radius 1 is 0.909 bits per heavy atom. The van der Waals surface area contributed by atoms with Crippen molar-refractivity contribution in [2.45, 2.75) is 30.4 Å². The smallest absolute Gasteiger partial charge is 0.261 e. The number of carbonyl (C=O) groups is 1. The number of anilines is 2. The molecule has 0 bridgehead atoms. The van der Waals surface area contributed by atoms with E-state index in [9.17, 15) is 18.3 Å². The standard InChI is InChI=1S/C25H27N3O4S/c29-22-14-16-28(17-15-22)18-20-8-4-5-9-24(20)27-33(31,32)23-12-10-21(11-13-23)26-25(30)19-6-2-1-3-7-19/h1-13,22,27,29H,14-18H2,(H,26,30). The molecule has 0 aromatic heterocycles. The van der Waals surface area contributed by atoms with Gasteiger partial charge in [-0.2, -0.15) is 0 Å². The third-order valence-electron chi connectivity index (χ3n) is 5.67. The Balaban J connectivity index is 1.44. The van der Waals surface area contributed by atoms with Gasteiger partial charge in [0, 0.05) is 30.9 Å². The Kier molecular flexibility index (Phi) is 7.08. The summed E-state index contributed by atoms with van der Waals surface area (Å²) in [5.41, 5.74) is 2.44. The minimum atomic E-state index is -3.80. The van der Waals surface area contributed by atoms with Gasteiger partial charge in [-0.3, -0.25) is 14.4 Å². The molecule has 33 heavy (non-hydrogen) atoms. The van der Waals surface area contributed by atoms with Crippen molar-refractivity contribution in [3.63, 3.8) is 0 Å². The predicted octanol–water partition coefficient (Wildman–Crippen LogP) is 3.70. The highest BCUT2D eigenvalue weighted by Crippen LogP contribution is 2.24. The molecule has 1 saturated heterocycles. The quantitative estimate of drug-likeness (QED) is 0.494. The lowest BCUT2D eigenvalue weighted by molar-refractivity contribution is 0.0793. The molecular weight excluding hydrogens is 438 g/mol. The van der Waals surface area contributed by atoms with Crippen molar-refractivity contribution in [1.29, 1.82) is 0 Å². The Hall–Kier alpha value is -3.20. The van der Waals surface area contributed by atoms with Gasteiger partial charge in [0.25, 0.3) is 15.9 Å². The van der Waals surface area contributed by atoms with E-state index < -0.39 is 10.0 Å². The Bertz CT molecular complexity index is 1190. The maximum Gasteiger partial charge on any atom is 0.261 e. The molecule has 0 unspecified atom stereocenters. The molecule has 172 valence electrons. The zero-order valence-electron chi connectivity index (χ0n) is 18.1. The molecule has 1 fully saturated rings. The fraction of sp³-hybridized carbons (Fsp3) is 0.240. The summed E-state index contributed by atoms with van der Waals surface area (Å²) < 4.78 is 28.7. The van der Waals surface area contributed by atoms with E-state index in [1.165, 1.54) is 12.1 Å². The lowest BCUT2D eigenvalue weighted by Gasteiger charge is -2.30. The lowest BCUT2D eigenvalue weighted by atomic mass is 10.1. The molecule has 3 aromatic carbocycles. The highest BCUT2D eigenvalue weighted by Gasteiger charge is 2.20. The Morgan fingerprint density at radius 2 is 1.55 bits per heavy atom. The first-order valence-electron chi connectivity index (χ1n) is 10.9. The summed E-state index contributed by atoms with van der Waals surface area (Å²) >= 11 is 0. The van der Waals surface area contributed by atoms with Crippen LogP contribution < -0.4 is 10.0 Å². The zero-order chi connectivity index (χ0) is 23.3. The first kappa shape index (κ1) is 23.0. The van der Waals surface area contributed by atoms with Crippen LogP contribution in [0.15, 0.2) is 83.8 Å². The number of likely N-dealkylation sites (tertiary alicyclic amines) is 1. The van der Waals surface area contributed by atoms with Crippen molar-refractivity contribution >= 4 is 27.3 Å². The van der Waals surface area contributed by atoms with Crippen molar-refractivity contribution in [2.75, 3.05) is 23.1 Å². The van der Waals surface area contributed by atoms with Crippen molar-refractivity contribution < 1.29 is 18.3 Å². The number of piperidine rings is 1. The van der Waals surface area contributed by atoms with Crippen LogP contribution >= 0.6 is 0 Å². The molecular formula is C25H27N3O4S. The number of hydrogen-bond acceptors (Lipinski definition) is 5. The van der Waals surface area contributed by atoms with Gasteiger partial charge in [0.2, 0.25) is 0 Å². The Labute approximate surface area is 194 Å². The van der Waals surface area contributed by atoms with Gasteiger partial charge in [-0.15, -0.1) is 0 Å². The van der Waals surface area contributed by atoms with Gasteiger partial charge in [0.05, 0.1) is 16.7 Å². The molecule has 1 aliphatic rings. The van der Waals surface area contributed by atoms with Crippen molar-refractivity contribution in [1.82, 2.24) is 4.90 Å². The second-order valence-corrected chi connectivity index (χ2v) is 9.80. The first-order valence-corrected chi connectivity index (χ1v) is 12.4. The number of para-hydroxylation sites is 1. The molecule has 8 heteroatoms. The van der Waals surface area contributed by atoms with Gasteiger partial charge in [0.15, 0.2) is 0 Å². The number of nitrogens with one attached hydrogen (secondary N) is 2. The molecule has 1 heterocycles. The van der Waals surface area contributed by atoms with Crippen LogP contribution in [-0.4, -0.2) is 43.5 Å². The van der Waals surface area contributed by atoms with E-state index >= 15 is 0 Å². The normalized spacial score (nSPS) is 15.2. The number of nitrogens with zero attached hydrogens (tertiary/aromatic N) is 1. The molecule has 3 N–H and O–H groups in total. The van der Waals surface area contributed by atoms with Crippen molar-refractivity contribution in [3.8, 4) is 0 Å². The molecule has 0 atom stereocenters. The summed E-state index contributed by atoms with van der Waals surface area (Å²) in [7, 11) is -3.80. The van der Waals surface area contributed by atoms with Crippen LogP contribution in [0.4, 0.5) is 11.4 Å². The molecule has 0 radical (unpaired) electrons. The van der Waals surface area contributed by atoms with Gasteiger partial charge in [-0.25, -0.2) is 8.42 Å². The second-order valence-electron chi connectivity index (χ2n) is 8.11. The van der Waals surface area contributed by atoms with Gasteiger partial charge < -0.3 is 10.4 Å². The van der Waals surface area contributed by atoms with Gasteiger partial charge in [-0.1, -0.05) is 36.4 Å². The highest BCUT2D eigenvalue weighted by atomic mass is 32.2. The van der Waals surface area contributed by atoms with Crippen molar-refractivity contribution in [3.05, 3.63) is 90.0 Å². The van der Waals surface area contributed by atoms with Crippen LogP contribution in [-0.2, 0) is 16.6 Å². The van der Waals surface area contributed by atoms with E-state index in [4.69, 9.17) is 0 Å². The van der Waals surface area contributed by atoms with Crippen LogP contribution in [0.2, 0.25) is 0 Å². The van der Waals surface area contributed by atoms with Crippen LogP contribution in [0, 0.1) is 0 Å². The number of aliphatic hydroxyl groups is 1. The van der Waals surface area contributed by atoms with Crippen molar-refractivity contribution in [2.24, 2.45) is 0 Å². The number of hydrogen-bond donors (Lipinski definition) is 3. The molecule has 7 nitrogen and oxygen atoms in total. The number of sulfonamides is 1. The first-order chi connectivity index (χ1) is 15.9. The number of aliphatic hydroxyl groups excluding tert-OH is 1. The summed E-state index contributed by atoms with van der Waals surface area (Å²) in [5.74, 6) is -0.261. The molecule has 0 aliphatic carbocycles. The van der Waals surface area contributed by atoms with E-state index in [2.05, 4.69) is 14.9 Å². The number of benzene rings is 3. The van der Waals surface area contributed by atoms with Crippen LogP contribution in [0.3, 0.4) is 0 Å². The summed E-state index contributed by atoms with van der Waals surface area (Å²) in [6.07, 6.45) is 1.19. The molecule has 1 amide bonds. The molecule has 4 rings (SSSR count). The second kappa shape index (κ2) is 10.2. The summed E-state index contributed by atoms with van der Waals surface area (Å²) in [6, 6.07) is 22.2. The molecule has 3 aromatic rings. The minimum absolute atomic E-state index is 0.108. The van der Waals surface area contributed by atoms with Crippen LogP contribution in [0.5, 0.6) is 0 Å². The SMILES string of the molecule is O=C(Nc1ccc(S(=O)(=O)Nc2ccccc2CN2CCC(O)CC2)cc1)c1ccccc1. The molecule has 0 saturated carbocycles. The molecule has 0 spiro atoms. The molecule has 1 aliphatic heterocycles. The zero-order valence-corrected chi connectivity index (χ0v) is 19.0. The number of carbonyl (C=O) groups excluding carboxylic acids is 1. The van der Waals surface area contributed by atoms with Crippen LogP contribution in [0.1, 0.15) is 28.8 Å². The van der Waals surface area contributed by atoms with E-state index in [0.717, 1.165) is 31.5 Å². The third kappa shape index (κ3) is 5.98. The largest absolute Gasteiger partial charge is 0.393 e. The number of rotatable bonds is 7. The predicted molar refractivity (Wildman–Crippen MR) is 129 cm³/mol. The average molecular weight is 466 g/mol. The highest BCUT2D eigenvalue weighted by molar-refractivity contribution is 7.92. The lowest BCUT2D eigenvalue weighted by Crippen LogP contribution is -2.35. The van der Waals surface area contributed by atoms with Gasteiger partial charge >= 0.3 is 0 Å². The van der Waals surface area contributed by atoms with E-state index in [0.29, 0.717) is 23.5 Å². The minimum Gasteiger partial charge on any atom is -0.393 e. The van der Waals surface area contributed by atoms with Gasteiger partial charge in [0.1, 0.15) is 0 Å². The maximum absolute atomic E-state index is 13.0. The van der Waals surface area contributed by atoms with E-state index in [-0.39, 0.29) is 16.9 Å². The summed E-state index contributed by atoms with van der Waals surface area (Å²) in [6.45, 7) is 2.16. The average Bonchev–Trinajstić information content (AvgIpc) is 2.82. The fourth-order valence-electron chi connectivity index (χ4n) is 3.79. The summed E-state index contributed by atoms with van der Waals surface area (Å²) in [4.78, 5) is 14.6. The third-order valence-corrected chi connectivity index (χ3v) is 7.05. The summed E-state index contributed by atoms with van der Waals surface area (Å²) in [5, 5.41) is 12.5. The topological polar surface area (TPSA) is 98.7 Å². The van der Waals surface area contributed by atoms with Crippen LogP contribution in [0.25, 0.3) is 0 Å². The number of amides is 1.